The number of nitrogens with one attached hydrogen (secondary N) is 1. The van der Waals surface area contributed by atoms with Crippen LogP contribution < -0.4 is 5.32 Å². The molecule has 0 saturated carbocycles. The molecule has 0 radical (unpaired) electrons. The fourth-order valence-corrected chi connectivity index (χ4v) is 1.71. The van der Waals surface area contributed by atoms with Crippen LogP contribution in [0.1, 0.15) is 11.1 Å². The van der Waals surface area contributed by atoms with E-state index in [1.165, 1.54) is 6.07 Å². The van der Waals surface area contributed by atoms with Crippen molar-refractivity contribution in [2.24, 2.45) is 0 Å². The lowest BCUT2D eigenvalue weighted by atomic mass is 10.1. The molecule has 5 heteroatoms. The van der Waals surface area contributed by atoms with Crippen molar-refractivity contribution in [1.29, 1.82) is 0 Å². The number of pyridine rings is 1. The summed E-state index contributed by atoms with van der Waals surface area (Å²) in [4.78, 5) is 14.5. The van der Waals surface area contributed by atoms with Crippen LogP contribution in [0.5, 0.6) is 0 Å². The van der Waals surface area contributed by atoms with Crippen LogP contribution in [0.2, 0.25) is 0 Å². The Hall–Kier alpha value is -2.43. The summed E-state index contributed by atoms with van der Waals surface area (Å²) in [6, 6.07) is 8.82. The molecular weight excluding hydrogens is 230 g/mol. The molecule has 1 aromatic heterocycles. The predicted molar refractivity (Wildman–Crippen MR) is 69.4 cm³/mol. The Balaban J connectivity index is 2.15. The molecule has 2 rings (SSSR count). The maximum absolute atomic E-state index is 10.8. The highest BCUT2D eigenvalue weighted by molar-refractivity contribution is 5.59. The molecular formula is C13H13N3O2. The molecule has 0 aliphatic carbocycles. The topological polar surface area (TPSA) is 68.1 Å². The minimum Gasteiger partial charge on any atom is -0.380 e. The zero-order chi connectivity index (χ0) is 13.0. The number of rotatable bonds is 4. The summed E-state index contributed by atoms with van der Waals surface area (Å²) in [5, 5.41) is 14.0. The summed E-state index contributed by atoms with van der Waals surface area (Å²) in [6.45, 7) is 2.33. The zero-order valence-electron chi connectivity index (χ0n) is 9.96. The summed E-state index contributed by atoms with van der Waals surface area (Å²) in [6.07, 6.45) is 3.47. The molecule has 0 fully saturated rings. The van der Waals surface area contributed by atoms with Gasteiger partial charge in [-0.25, -0.2) is 0 Å². The third-order valence-electron chi connectivity index (χ3n) is 2.71. The van der Waals surface area contributed by atoms with Gasteiger partial charge in [-0.1, -0.05) is 12.1 Å². The van der Waals surface area contributed by atoms with Crippen LogP contribution in [0.4, 0.5) is 11.4 Å². The fraction of sp³-hybridized carbons (Fsp3) is 0.154. The minimum absolute atomic E-state index is 0.131. The van der Waals surface area contributed by atoms with Crippen molar-refractivity contribution in [3.8, 4) is 0 Å². The smallest absolute Gasteiger partial charge is 0.274 e. The van der Waals surface area contributed by atoms with Crippen molar-refractivity contribution in [1.82, 2.24) is 4.98 Å². The molecule has 1 heterocycles. The third-order valence-corrected chi connectivity index (χ3v) is 2.71. The Morgan fingerprint density at radius 3 is 2.83 bits per heavy atom. The van der Waals surface area contributed by atoms with E-state index >= 15 is 0 Å². The summed E-state index contributed by atoms with van der Waals surface area (Å²) < 4.78 is 0. The molecule has 92 valence electrons. The van der Waals surface area contributed by atoms with E-state index in [1.54, 1.807) is 25.4 Å². The lowest BCUT2D eigenvalue weighted by molar-refractivity contribution is -0.385. The summed E-state index contributed by atoms with van der Waals surface area (Å²) in [5.41, 5.74) is 2.58. The van der Waals surface area contributed by atoms with Crippen LogP contribution in [0, 0.1) is 17.0 Å². The summed E-state index contributed by atoms with van der Waals surface area (Å²) in [5.74, 6) is 0. The number of nitro groups is 1. The second kappa shape index (κ2) is 5.27. The summed E-state index contributed by atoms with van der Waals surface area (Å²) >= 11 is 0. The van der Waals surface area contributed by atoms with E-state index in [9.17, 15) is 10.1 Å². The zero-order valence-corrected chi connectivity index (χ0v) is 9.96. The number of aromatic nitrogens is 1. The van der Waals surface area contributed by atoms with Crippen molar-refractivity contribution in [2.75, 3.05) is 5.32 Å². The van der Waals surface area contributed by atoms with E-state index in [1.807, 2.05) is 18.2 Å². The molecule has 5 nitrogen and oxygen atoms in total. The van der Waals surface area contributed by atoms with Crippen LogP contribution in [-0.2, 0) is 6.54 Å². The Labute approximate surface area is 105 Å². The fourth-order valence-electron chi connectivity index (χ4n) is 1.71. The first-order chi connectivity index (χ1) is 8.68. The maximum atomic E-state index is 10.8. The minimum atomic E-state index is -0.370. The SMILES string of the molecule is Cc1c(NCc2cccnc2)cccc1[N+](=O)[O-]. The molecule has 0 spiro atoms. The first-order valence-corrected chi connectivity index (χ1v) is 5.55. The normalized spacial score (nSPS) is 10.1. The van der Waals surface area contributed by atoms with Crippen LogP contribution in [-0.4, -0.2) is 9.91 Å². The first-order valence-electron chi connectivity index (χ1n) is 5.55. The Kier molecular flexibility index (Phi) is 3.52. The van der Waals surface area contributed by atoms with Crippen LogP contribution in [0.25, 0.3) is 0 Å². The van der Waals surface area contributed by atoms with E-state index in [2.05, 4.69) is 10.3 Å². The predicted octanol–water partition coefficient (Wildman–Crippen LogP) is 2.91. The number of hydrogen-bond donors (Lipinski definition) is 1. The first kappa shape index (κ1) is 12.0. The van der Waals surface area contributed by atoms with Gasteiger partial charge in [0.25, 0.3) is 5.69 Å². The van der Waals surface area contributed by atoms with Gasteiger partial charge < -0.3 is 5.32 Å². The van der Waals surface area contributed by atoms with Crippen molar-refractivity contribution in [3.05, 3.63) is 64.0 Å². The van der Waals surface area contributed by atoms with Gasteiger partial charge in [0.2, 0.25) is 0 Å². The molecule has 0 aliphatic heterocycles. The monoisotopic (exact) mass is 243 g/mol. The average molecular weight is 243 g/mol. The Morgan fingerprint density at radius 1 is 1.33 bits per heavy atom. The van der Waals surface area contributed by atoms with E-state index in [0.29, 0.717) is 12.1 Å². The molecule has 0 unspecified atom stereocenters. The molecule has 0 saturated heterocycles. The molecule has 1 N–H and O–H groups in total. The van der Waals surface area contributed by atoms with Gasteiger partial charge in [-0.3, -0.25) is 15.1 Å². The second-order valence-electron chi connectivity index (χ2n) is 3.92. The lowest BCUT2D eigenvalue weighted by Gasteiger charge is -2.09. The largest absolute Gasteiger partial charge is 0.380 e. The van der Waals surface area contributed by atoms with Crippen LogP contribution in [0.3, 0.4) is 0 Å². The highest BCUT2D eigenvalue weighted by Crippen LogP contribution is 2.25. The highest BCUT2D eigenvalue weighted by atomic mass is 16.6. The molecule has 0 amide bonds. The van der Waals surface area contributed by atoms with Crippen molar-refractivity contribution < 1.29 is 4.92 Å². The van der Waals surface area contributed by atoms with E-state index in [4.69, 9.17) is 0 Å². The van der Waals surface area contributed by atoms with Crippen molar-refractivity contribution >= 4 is 11.4 Å². The van der Waals surface area contributed by atoms with Crippen LogP contribution in [0.15, 0.2) is 42.7 Å². The number of benzene rings is 1. The maximum Gasteiger partial charge on any atom is 0.274 e. The van der Waals surface area contributed by atoms with Gasteiger partial charge in [0.05, 0.1) is 4.92 Å². The van der Waals surface area contributed by atoms with Gasteiger partial charge in [0, 0.05) is 36.3 Å². The van der Waals surface area contributed by atoms with Crippen LogP contribution >= 0.6 is 0 Å². The summed E-state index contributed by atoms with van der Waals surface area (Å²) in [7, 11) is 0. The molecule has 2 aromatic rings. The molecule has 0 bridgehead atoms. The van der Waals surface area contributed by atoms with E-state index in [0.717, 1.165) is 11.3 Å². The number of anilines is 1. The average Bonchev–Trinajstić information content (AvgIpc) is 2.38. The van der Waals surface area contributed by atoms with E-state index in [-0.39, 0.29) is 10.6 Å². The van der Waals surface area contributed by atoms with Gasteiger partial charge in [-0.2, -0.15) is 0 Å². The van der Waals surface area contributed by atoms with Gasteiger partial charge in [0.1, 0.15) is 0 Å². The molecule has 1 aromatic carbocycles. The lowest BCUT2D eigenvalue weighted by Crippen LogP contribution is -2.02. The Bertz CT molecular complexity index is 555. The Morgan fingerprint density at radius 2 is 2.17 bits per heavy atom. The van der Waals surface area contributed by atoms with Gasteiger partial charge in [-0.05, 0) is 24.6 Å². The van der Waals surface area contributed by atoms with Crippen molar-refractivity contribution in [2.45, 2.75) is 13.5 Å². The van der Waals surface area contributed by atoms with E-state index < -0.39 is 0 Å². The molecule has 0 aliphatic rings. The van der Waals surface area contributed by atoms with Gasteiger partial charge in [-0.15, -0.1) is 0 Å². The third kappa shape index (κ3) is 2.63. The van der Waals surface area contributed by atoms with Crippen molar-refractivity contribution in [3.63, 3.8) is 0 Å². The molecule has 18 heavy (non-hydrogen) atoms. The number of nitrogens with zero attached hydrogens (tertiary/aromatic N) is 2. The molecule has 0 atom stereocenters. The number of hydrogen-bond acceptors (Lipinski definition) is 4. The quantitative estimate of drug-likeness (QED) is 0.662. The highest BCUT2D eigenvalue weighted by Gasteiger charge is 2.12. The number of nitro benzene ring substituents is 1. The van der Waals surface area contributed by atoms with Gasteiger partial charge in [0.15, 0.2) is 0 Å². The van der Waals surface area contributed by atoms with Gasteiger partial charge >= 0.3 is 0 Å². The second-order valence-corrected chi connectivity index (χ2v) is 3.92. The standard InChI is InChI=1S/C13H13N3O2/c1-10-12(5-2-6-13(10)16(17)18)15-9-11-4-3-7-14-8-11/h2-8,15H,9H2,1H3.